The highest BCUT2D eigenvalue weighted by molar-refractivity contribution is 5.90. The van der Waals surface area contributed by atoms with Crippen molar-refractivity contribution in [2.24, 2.45) is 0 Å². The normalized spacial score (nSPS) is 11.0. The van der Waals surface area contributed by atoms with Crippen LogP contribution in [0.3, 0.4) is 0 Å². The number of para-hydroxylation sites is 3. The van der Waals surface area contributed by atoms with Gasteiger partial charge >= 0.3 is 5.69 Å². The van der Waals surface area contributed by atoms with E-state index in [2.05, 4.69) is 15.4 Å². The number of benzene rings is 3. The van der Waals surface area contributed by atoms with Crippen LogP contribution in [0.5, 0.6) is 11.6 Å². The number of carbonyl (C=O) groups is 1. The average Bonchev–Trinajstić information content (AvgIpc) is 3.12. The molecule has 0 aliphatic carbocycles. The smallest absolute Gasteiger partial charge is 0.351 e. The van der Waals surface area contributed by atoms with Crippen molar-refractivity contribution in [3.05, 3.63) is 94.9 Å². The standard InChI is InChI=1S/C24H19N5O3/c1-16-11-13-18(14-12-16)32-23-22-27-28(15-21(30)25-17-7-3-2-4-8-17)24(31)29(22)20-10-6-5-9-19(20)26-23/h2-14H,15H2,1H3,(H,25,30). The van der Waals surface area contributed by atoms with Gasteiger partial charge in [0.2, 0.25) is 11.6 Å². The Morgan fingerprint density at radius 3 is 2.47 bits per heavy atom. The Labute approximate surface area is 182 Å². The van der Waals surface area contributed by atoms with Gasteiger partial charge in [-0.15, -0.1) is 5.10 Å². The van der Waals surface area contributed by atoms with Crippen LogP contribution in [0.25, 0.3) is 16.7 Å². The minimum atomic E-state index is -0.449. The maximum absolute atomic E-state index is 13.2. The summed E-state index contributed by atoms with van der Waals surface area (Å²) in [6.07, 6.45) is 0. The third-order valence-electron chi connectivity index (χ3n) is 4.96. The molecule has 0 spiro atoms. The topological polar surface area (TPSA) is 90.5 Å². The number of amides is 1. The van der Waals surface area contributed by atoms with Gasteiger partial charge in [0.05, 0.1) is 11.0 Å². The maximum Gasteiger partial charge on any atom is 0.351 e. The molecule has 0 aliphatic heterocycles. The molecule has 8 heteroatoms. The highest BCUT2D eigenvalue weighted by Gasteiger charge is 2.19. The summed E-state index contributed by atoms with van der Waals surface area (Å²) in [6.45, 7) is 1.74. The zero-order chi connectivity index (χ0) is 22.1. The van der Waals surface area contributed by atoms with Gasteiger partial charge in [0.15, 0.2) is 0 Å². The van der Waals surface area contributed by atoms with Crippen LogP contribution in [0.2, 0.25) is 0 Å². The first-order valence-corrected chi connectivity index (χ1v) is 10.1. The molecule has 0 aliphatic rings. The molecule has 0 atom stereocenters. The second kappa shape index (κ2) is 7.99. The van der Waals surface area contributed by atoms with Gasteiger partial charge < -0.3 is 10.1 Å². The van der Waals surface area contributed by atoms with E-state index in [-0.39, 0.29) is 24.0 Å². The molecular formula is C24H19N5O3. The fourth-order valence-electron chi connectivity index (χ4n) is 3.42. The van der Waals surface area contributed by atoms with Crippen molar-refractivity contribution < 1.29 is 9.53 Å². The Hall–Kier alpha value is -4.46. The lowest BCUT2D eigenvalue weighted by Crippen LogP contribution is -2.28. The molecule has 3 aromatic carbocycles. The number of nitrogens with one attached hydrogen (secondary N) is 1. The van der Waals surface area contributed by atoms with Crippen molar-refractivity contribution >= 4 is 28.3 Å². The maximum atomic E-state index is 13.2. The van der Waals surface area contributed by atoms with Crippen LogP contribution in [-0.4, -0.2) is 25.1 Å². The van der Waals surface area contributed by atoms with Gasteiger partial charge in [0, 0.05) is 5.69 Å². The van der Waals surface area contributed by atoms with Gasteiger partial charge in [-0.25, -0.2) is 18.9 Å². The van der Waals surface area contributed by atoms with Crippen LogP contribution in [0.1, 0.15) is 5.56 Å². The number of hydrogen-bond donors (Lipinski definition) is 1. The second-order valence-electron chi connectivity index (χ2n) is 7.33. The minimum absolute atomic E-state index is 0.187. The average molecular weight is 425 g/mol. The first-order chi connectivity index (χ1) is 15.6. The van der Waals surface area contributed by atoms with Gasteiger partial charge in [-0.3, -0.25) is 4.79 Å². The molecule has 5 rings (SSSR count). The van der Waals surface area contributed by atoms with Crippen LogP contribution < -0.4 is 15.7 Å². The number of aryl methyl sites for hydroxylation is 1. The zero-order valence-corrected chi connectivity index (χ0v) is 17.2. The SMILES string of the molecule is Cc1ccc(Oc2nc3ccccc3n3c(=O)n(CC(=O)Nc4ccccc4)nc23)cc1. The van der Waals surface area contributed by atoms with Crippen LogP contribution in [0.4, 0.5) is 5.69 Å². The predicted molar refractivity (Wildman–Crippen MR) is 121 cm³/mol. The molecule has 2 heterocycles. The number of anilines is 1. The van der Waals surface area contributed by atoms with E-state index in [0.717, 1.165) is 10.2 Å². The van der Waals surface area contributed by atoms with Crippen LogP contribution >= 0.6 is 0 Å². The Kier molecular flexibility index (Phi) is 4.87. The number of rotatable bonds is 5. The lowest BCUT2D eigenvalue weighted by atomic mass is 10.2. The highest BCUT2D eigenvalue weighted by atomic mass is 16.5. The molecule has 5 aromatic rings. The highest BCUT2D eigenvalue weighted by Crippen LogP contribution is 2.26. The number of nitrogens with zero attached hydrogens (tertiary/aromatic N) is 4. The van der Waals surface area contributed by atoms with E-state index in [9.17, 15) is 9.59 Å². The molecule has 0 fully saturated rings. The summed E-state index contributed by atoms with van der Waals surface area (Å²) < 4.78 is 8.51. The van der Waals surface area contributed by atoms with Crippen molar-refractivity contribution in [1.82, 2.24) is 19.2 Å². The van der Waals surface area contributed by atoms with E-state index in [0.29, 0.717) is 22.5 Å². The molecule has 1 amide bonds. The number of hydrogen-bond acceptors (Lipinski definition) is 5. The summed E-state index contributed by atoms with van der Waals surface area (Å²) >= 11 is 0. The number of carbonyl (C=O) groups excluding carboxylic acids is 1. The summed E-state index contributed by atoms with van der Waals surface area (Å²) in [5, 5.41) is 7.14. The fourth-order valence-corrected chi connectivity index (χ4v) is 3.42. The Balaban J connectivity index is 1.57. The van der Waals surface area contributed by atoms with E-state index in [4.69, 9.17) is 4.74 Å². The zero-order valence-electron chi connectivity index (χ0n) is 17.2. The van der Waals surface area contributed by atoms with Gasteiger partial charge in [0.25, 0.3) is 5.88 Å². The van der Waals surface area contributed by atoms with Gasteiger partial charge in [0.1, 0.15) is 12.3 Å². The molecule has 8 nitrogen and oxygen atoms in total. The molecule has 0 unspecified atom stereocenters. The monoisotopic (exact) mass is 425 g/mol. The Morgan fingerprint density at radius 1 is 0.969 bits per heavy atom. The third-order valence-corrected chi connectivity index (χ3v) is 4.96. The van der Waals surface area contributed by atoms with Crippen molar-refractivity contribution in [3.63, 3.8) is 0 Å². The summed E-state index contributed by atoms with van der Waals surface area (Å²) in [7, 11) is 0. The third kappa shape index (κ3) is 3.69. The van der Waals surface area contributed by atoms with E-state index in [1.807, 2.05) is 61.5 Å². The first kappa shape index (κ1) is 19.5. The summed E-state index contributed by atoms with van der Waals surface area (Å²) in [5.74, 6) is 0.399. The number of aromatic nitrogens is 4. The van der Waals surface area contributed by atoms with E-state index >= 15 is 0 Å². The quantitative estimate of drug-likeness (QED) is 0.463. The second-order valence-corrected chi connectivity index (χ2v) is 7.33. The van der Waals surface area contributed by atoms with Crippen LogP contribution in [0.15, 0.2) is 83.7 Å². The summed E-state index contributed by atoms with van der Waals surface area (Å²) in [4.78, 5) is 30.3. The Bertz CT molecular complexity index is 1490. The molecule has 158 valence electrons. The molecule has 0 saturated heterocycles. The molecular weight excluding hydrogens is 406 g/mol. The van der Waals surface area contributed by atoms with E-state index < -0.39 is 5.69 Å². The van der Waals surface area contributed by atoms with Crippen molar-refractivity contribution in [3.8, 4) is 11.6 Å². The lowest BCUT2D eigenvalue weighted by molar-refractivity contribution is -0.117. The Morgan fingerprint density at radius 2 is 1.69 bits per heavy atom. The number of fused-ring (bicyclic) bond motifs is 3. The first-order valence-electron chi connectivity index (χ1n) is 10.1. The van der Waals surface area contributed by atoms with E-state index in [1.165, 1.54) is 4.40 Å². The van der Waals surface area contributed by atoms with E-state index in [1.54, 1.807) is 24.3 Å². The number of ether oxygens (including phenoxy) is 1. The van der Waals surface area contributed by atoms with Crippen LogP contribution in [-0.2, 0) is 11.3 Å². The van der Waals surface area contributed by atoms with Crippen molar-refractivity contribution in [2.45, 2.75) is 13.5 Å². The molecule has 0 radical (unpaired) electrons. The molecule has 0 saturated carbocycles. The van der Waals surface area contributed by atoms with Gasteiger partial charge in [-0.05, 0) is 43.3 Å². The summed E-state index contributed by atoms with van der Waals surface area (Å²) in [5.41, 5.74) is 2.69. The largest absolute Gasteiger partial charge is 0.436 e. The van der Waals surface area contributed by atoms with Gasteiger partial charge in [-0.1, -0.05) is 48.0 Å². The summed E-state index contributed by atoms with van der Waals surface area (Å²) in [6, 6.07) is 23.8. The fraction of sp³-hybridized carbons (Fsp3) is 0.0833. The van der Waals surface area contributed by atoms with Crippen LogP contribution in [0, 0.1) is 6.92 Å². The van der Waals surface area contributed by atoms with Gasteiger partial charge in [-0.2, -0.15) is 0 Å². The molecule has 0 bridgehead atoms. The molecule has 2 aromatic heterocycles. The minimum Gasteiger partial charge on any atom is -0.436 e. The molecule has 1 N–H and O–H groups in total. The van der Waals surface area contributed by atoms with Crippen molar-refractivity contribution in [1.29, 1.82) is 0 Å². The lowest BCUT2D eigenvalue weighted by Gasteiger charge is -2.07. The van der Waals surface area contributed by atoms with Crippen molar-refractivity contribution in [2.75, 3.05) is 5.32 Å². The predicted octanol–water partition coefficient (Wildman–Crippen LogP) is 3.78. The molecule has 32 heavy (non-hydrogen) atoms.